The molecule has 0 aliphatic carbocycles. The number of hydrogen-bond acceptors (Lipinski definition) is 2. The topological polar surface area (TPSA) is 30.9 Å². The molecule has 0 aliphatic rings. The van der Waals surface area contributed by atoms with Crippen molar-refractivity contribution in [3.63, 3.8) is 0 Å². The maximum Gasteiger partial charge on any atom is 0.188 e. The molecule has 8 aromatic carbocycles. The summed E-state index contributed by atoms with van der Waals surface area (Å²) >= 11 is 0. The fraction of sp³-hybridized carbons (Fsp3) is 0.100. The molecule has 0 N–H and O–H groups in total. The Morgan fingerprint density at radius 3 is 1.80 bits per heavy atom. The second-order valence-electron chi connectivity index (χ2n) is 17.8. The zero-order valence-electron chi connectivity index (χ0n) is 37.6. The van der Waals surface area contributed by atoms with Crippen LogP contribution in [0.4, 0.5) is 17.1 Å². The summed E-state index contributed by atoms with van der Waals surface area (Å²) in [4.78, 5) is 7.46. The van der Waals surface area contributed by atoms with Crippen molar-refractivity contribution in [3.8, 4) is 44.9 Å². The molecule has 3 aromatic heterocycles. The fourth-order valence-electron chi connectivity index (χ4n) is 9.61. The van der Waals surface area contributed by atoms with Crippen molar-refractivity contribution >= 4 is 49.9 Å². The number of aryl methyl sites for hydroxylation is 2. The van der Waals surface area contributed by atoms with Gasteiger partial charge >= 0.3 is 0 Å². The predicted molar refractivity (Wildman–Crippen MR) is 271 cm³/mol. The van der Waals surface area contributed by atoms with Crippen LogP contribution in [-0.4, -0.2) is 18.7 Å². The van der Waals surface area contributed by atoms with Gasteiger partial charge in [-0.1, -0.05) is 138 Å². The zero-order chi connectivity index (χ0) is 44.2. The first-order chi connectivity index (χ1) is 31.7. The molecule has 0 aliphatic heterocycles. The van der Waals surface area contributed by atoms with Gasteiger partial charge in [0.1, 0.15) is 5.82 Å². The van der Waals surface area contributed by atoms with Gasteiger partial charge in [-0.15, -0.1) is 29.7 Å². The summed E-state index contributed by atoms with van der Waals surface area (Å²) in [5, 5.41) is 2.25. The van der Waals surface area contributed by atoms with E-state index in [-0.39, 0.29) is 26.6 Å². The molecule has 0 atom stereocenters. The Kier molecular flexibility index (Phi) is 11.1. The standard InChI is InChI=1S/C60H48N5.Pt/c1-41-19-16-20-42(2)59(41)64(47-26-17-25-46(38-47)62-40-63(60(3,4)5)55-32-15-14-31-54(55)62)48-33-34-52-51-27-12-13-30-53(51)65(56(52)39-48)57-37-45(35-36-61-57)58-49(43-21-8-6-9-22-43)28-18-29-50(58)44-23-10-7-11-24-44;/h6-37,40H,1-5H3;/q-1;. The first-order valence-corrected chi connectivity index (χ1v) is 22.3. The monoisotopic (exact) mass is 1030 g/mol. The Morgan fingerprint density at radius 1 is 0.530 bits per heavy atom. The number of aromatic nitrogens is 4. The molecule has 0 saturated heterocycles. The zero-order valence-corrected chi connectivity index (χ0v) is 39.9. The molecule has 0 fully saturated rings. The molecule has 3 heterocycles. The summed E-state index contributed by atoms with van der Waals surface area (Å²) in [7, 11) is 0. The van der Waals surface area contributed by atoms with Crippen LogP contribution in [0.2, 0.25) is 0 Å². The summed E-state index contributed by atoms with van der Waals surface area (Å²) in [5.74, 6) is 0.822. The van der Waals surface area contributed by atoms with Gasteiger partial charge < -0.3 is 9.47 Å². The molecule has 324 valence electrons. The summed E-state index contributed by atoms with van der Waals surface area (Å²) in [6.07, 6.45) is 4.16. The number of anilines is 3. The molecule has 0 unspecified atom stereocenters. The van der Waals surface area contributed by atoms with Gasteiger partial charge in [0.05, 0.1) is 5.54 Å². The van der Waals surface area contributed by atoms with E-state index < -0.39 is 0 Å². The van der Waals surface area contributed by atoms with Crippen LogP contribution in [0.3, 0.4) is 0 Å². The van der Waals surface area contributed by atoms with Crippen LogP contribution in [0.15, 0.2) is 201 Å². The minimum Gasteiger partial charge on any atom is -0.357 e. The van der Waals surface area contributed by atoms with Gasteiger partial charge in [-0.05, 0) is 115 Å². The Bertz CT molecular complexity index is 3480. The quantitative estimate of drug-likeness (QED) is 0.142. The first kappa shape index (κ1) is 42.6. The average molecular weight is 1030 g/mol. The van der Waals surface area contributed by atoms with Gasteiger partial charge in [-0.25, -0.2) is 14.1 Å². The van der Waals surface area contributed by atoms with Gasteiger partial charge in [0.2, 0.25) is 0 Å². The summed E-state index contributed by atoms with van der Waals surface area (Å²) in [5.41, 5.74) is 17.4. The van der Waals surface area contributed by atoms with Crippen LogP contribution >= 0.6 is 0 Å². The van der Waals surface area contributed by atoms with Crippen LogP contribution in [-0.2, 0) is 26.6 Å². The van der Waals surface area contributed by atoms with Crippen molar-refractivity contribution in [1.29, 1.82) is 0 Å². The van der Waals surface area contributed by atoms with E-state index in [0.717, 1.165) is 72.6 Å². The van der Waals surface area contributed by atoms with E-state index in [1.54, 1.807) is 0 Å². The van der Waals surface area contributed by atoms with E-state index in [9.17, 15) is 0 Å². The van der Waals surface area contributed by atoms with Crippen molar-refractivity contribution in [1.82, 2.24) is 18.7 Å². The van der Waals surface area contributed by atoms with Crippen molar-refractivity contribution in [2.45, 2.75) is 40.2 Å². The Hall–Kier alpha value is -7.33. The predicted octanol–water partition coefficient (Wildman–Crippen LogP) is 15.6. The van der Waals surface area contributed by atoms with Crippen molar-refractivity contribution in [3.05, 3.63) is 224 Å². The van der Waals surface area contributed by atoms with Crippen LogP contribution in [0.5, 0.6) is 0 Å². The largest absolute Gasteiger partial charge is 0.357 e. The molecular weight excluding hydrogens is 986 g/mol. The van der Waals surface area contributed by atoms with E-state index in [0.29, 0.717) is 0 Å². The smallest absolute Gasteiger partial charge is 0.188 e. The maximum absolute atomic E-state index is 5.14. The maximum atomic E-state index is 5.14. The summed E-state index contributed by atoms with van der Waals surface area (Å²) in [6, 6.07) is 74.9. The summed E-state index contributed by atoms with van der Waals surface area (Å²) < 4.78 is 6.89. The number of fused-ring (bicyclic) bond motifs is 4. The fourth-order valence-corrected chi connectivity index (χ4v) is 9.61. The van der Waals surface area contributed by atoms with E-state index >= 15 is 0 Å². The van der Waals surface area contributed by atoms with Crippen LogP contribution in [0.1, 0.15) is 31.9 Å². The van der Waals surface area contributed by atoms with Gasteiger partial charge in [-0.2, -0.15) is 12.1 Å². The van der Waals surface area contributed by atoms with Crippen LogP contribution < -0.4 is 4.90 Å². The minimum atomic E-state index is -0.112. The first-order valence-electron chi connectivity index (χ1n) is 22.3. The number of hydrogen-bond donors (Lipinski definition) is 0. The molecule has 0 bridgehead atoms. The third-order valence-corrected chi connectivity index (χ3v) is 12.6. The van der Waals surface area contributed by atoms with Gasteiger partial charge in [0.25, 0.3) is 0 Å². The second-order valence-corrected chi connectivity index (χ2v) is 17.8. The Balaban J connectivity index is 0.00000511. The molecular formula is C60H48N5Pt-. The molecule has 66 heavy (non-hydrogen) atoms. The van der Waals surface area contributed by atoms with E-state index in [1.165, 1.54) is 33.3 Å². The van der Waals surface area contributed by atoms with Crippen molar-refractivity contribution in [2.75, 3.05) is 4.90 Å². The van der Waals surface area contributed by atoms with E-state index in [2.05, 4.69) is 260 Å². The third kappa shape index (κ3) is 7.44. The number of pyridine rings is 1. The number of nitrogens with zero attached hydrogens (tertiary/aromatic N) is 5. The summed E-state index contributed by atoms with van der Waals surface area (Å²) in [6.45, 7) is 11.1. The van der Waals surface area contributed by atoms with E-state index in [4.69, 9.17) is 4.98 Å². The number of imidazole rings is 1. The SMILES string of the molecule is Cc1cccc(C)c1N(c1[c-]c(-n2[cH+]n(C(C)(C)C)c3ccccc32)ccc1)c1[c-]c2c(cc1)c1ccccc1n2-c1cc(-c2c(-c3ccccc3)cccc2-c2ccccc2)ccn1.[Pt]. The number of para-hydroxylation sites is 4. The molecule has 0 spiro atoms. The van der Waals surface area contributed by atoms with Crippen LogP contribution in [0, 0.1) is 26.0 Å². The van der Waals surface area contributed by atoms with Crippen molar-refractivity contribution in [2.24, 2.45) is 0 Å². The third-order valence-electron chi connectivity index (χ3n) is 12.6. The van der Waals surface area contributed by atoms with Gasteiger partial charge in [-0.3, -0.25) is 0 Å². The van der Waals surface area contributed by atoms with Gasteiger partial charge in [0.15, 0.2) is 17.4 Å². The van der Waals surface area contributed by atoms with Crippen molar-refractivity contribution < 1.29 is 21.1 Å². The Labute approximate surface area is 401 Å². The molecule has 0 amide bonds. The number of benzene rings is 8. The van der Waals surface area contributed by atoms with Gasteiger partial charge in [0, 0.05) is 56.3 Å². The van der Waals surface area contributed by atoms with Crippen LogP contribution in [0.25, 0.3) is 77.7 Å². The average Bonchev–Trinajstić information content (AvgIpc) is 3.90. The second kappa shape index (κ2) is 17.2. The molecule has 0 saturated carbocycles. The molecule has 5 nitrogen and oxygen atoms in total. The Morgan fingerprint density at radius 2 is 1.12 bits per heavy atom. The molecule has 11 rings (SSSR count). The number of rotatable bonds is 8. The molecule has 6 heteroatoms. The molecule has 11 aromatic rings. The molecule has 0 radical (unpaired) electrons. The normalized spacial score (nSPS) is 11.6. The minimum absolute atomic E-state index is 0. The van der Waals surface area contributed by atoms with E-state index in [1.807, 2.05) is 6.20 Å².